The van der Waals surface area contributed by atoms with Crippen molar-refractivity contribution in [2.24, 2.45) is 11.3 Å². The fraction of sp³-hybridized carbons (Fsp3) is 0.409. The van der Waals surface area contributed by atoms with E-state index >= 15 is 0 Å². The molecule has 0 atom stereocenters. The van der Waals surface area contributed by atoms with Gasteiger partial charge in [-0.2, -0.15) is 0 Å². The molecule has 1 N–H and O–H groups in total. The molecule has 0 saturated carbocycles. The molecule has 0 bridgehead atoms. The number of nitrogens with one attached hydrogen (secondary N) is 1. The predicted molar refractivity (Wildman–Crippen MR) is 115 cm³/mol. The number of sulfonamides is 1. The van der Waals surface area contributed by atoms with E-state index in [4.69, 9.17) is 4.74 Å². The lowest BCUT2D eigenvalue weighted by Crippen LogP contribution is -2.43. The minimum Gasteiger partial charge on any atom is -0.490 e. The van der Waals surface area contributed by atoms with Gasteiger partial charge in [0.15, 0.2) is 0 Å². The Morgan fingerprint density at radius 3 is 2.55 bits per heavy atom. The molecule has 0 unspecified atom stereocenters. The normalized spacial score (nSPS) is 16.2. The number of rotatable bonds is 5. The molecule has 1 amide bonds. The first kappa shape index (κ1) is 21.2. The number of nitrogens with zero attached hydrogens (tertiary/aromatic N) is 1. The fourth-order valence-corrected chi connectivity index (χ4v) is 4.41. The van der Waals surface area contributed by atoms with Crippen LogP contribution in [-0.4, -0.2) is 27.5 Å². The van der Waals surface area contributed by atoms with E-state index in [1.165, 1.54) is 0 Å². The number of benzene rings is 2. The van der Waals surface area contributed by atoms with Crippen LogP contribution in [0.1, 0.15) is 33.3 Å². The summed E-state index contributed by atoms with van der Waals surface area (Å²) in [6.07, 6.45) is 0. The summed E-state index contributed by atoms with van der Waals surface area (Å²) in [5, 5.41) is 0. The molecule has 0 aromatic heterocycles. The second-order valence-electron chi connectivity index (χ2n) is 8.59. The van der Waals surface area contributed by atoms with Gasteiger partial charge in [-0.3, -0.25) is 9.52 Å². The average molecular weight is 417 g/mol. The summed E-state index contributed by atoms with van der Waals surface area (Å²) >= 11 is 0. The van der Waals surface area contributed by atoms with Gasteiger partial charge < -0.3 is 9.64 Å². The highest BCUT2D eigenvalue weighted by atomic mass is 32.2. The van der Waals surface area contributed by atoms with Crippen LogP contribution in [-0.2, 0) is 14.8 Å². The van der Waals surface area contributed by atoms with E-state index in [1.54, 1.807) is 41.3 Å². The van der Waals surface area contributed by atoms with Gasteiger partial charge in [0.05, 0.1) is 21.7 Å². The van der Waals surface area contributed by atoms with Gasteiger partial charge in [-0.05, 0) is 56.5 Å². The quantitative estimate of drug-likeness (QED) is 0.792. The average Bonchev–Trinajstić information content (AvgIpc) is 2.71. The van der Waals surface area contributed by atoms with Crippen LogP contribution < -0.4 is 14.4 Å². The Hall–Kier alpha value is -2.54. The maximum Gasteiger partial charge on any atom is 0.261 e. The lowest BCUT2D eigenvalue weighted by molar-refractivity contribution is -0.127. The molecular weight excluding hydrogens is 388 g/mol. The molecule has 0 saturated heterocycles. The number of ether oxygens (including phenoxy) is 1. The second-order valence-corrected chi connectivity index (χ2v) is 10.3. The first-order chi connectivity index (χ1) is 13.5. The molecule has 1 heterocycles. The fourth-order valence-electron chi connectivity index (χ4n) is 3.25. The molecule has 29 heavy (non-hydrogen) atoms. The highest BCUT2D eigenvalue weighted by Gasteiger charge is 2.38. The molecule has 2 aromatic rings. The number of hydrogen-bond donors (Lipinski definition) is 1. The van der Waals surface area contributed by atoms with E-state index in [-0.39, 0.29) is 23.3 Å². The van der Waals surface area contributed by atoms with Crippen LogP contribution in [0.5, 0.6) is 5.75 Å². The second kappa shape index (κ2) is 7.71. The molecule has 0 aliphatic carbocycles. The Kier molecular flexibility index (Phi) is 5.63. The van der Waals surface area contributed by atoms with Crippen molar-refractivity contribution in [2.75, 3.05) is 22.8 Å². The Bertz CT molecular complexity index is 1030. The smallest absolute Gasteiger partial charge is 0.261 e. The lowest BCUT2D eigenvalue weighted by Gasteiger charge is -2.29. The maximum atomic E-state index is 13.0. The van der Waals surface area contributed by atoms with E-state index in [9.17, 15) is 13.2 Å². The third-order valence-electron chi connectivity index (χ3n) is 4.76. The Labute approximate surface area is 172 Å². The SMILES string of the molecule is Cc1cccc(S(=O)(=O)Nc2ccc3c(c2)OCC(C)(C)C(=O)N3CC(C)C)c1. The summed E-state index contributed by atoms with van der Waals surface area (Å²) in [7, 11) is -3.72. The number of fused-ring (bicyclic) bond motifs is 1. The summed E-state index contributed by atoms with van der Waals surface area (Å²) in [5.41, 5.74) is 1.24. The molecule has 156 valence electrons. The molecule has 0 radical (unpaired) electrons. The number of anilines is 2. The van der Waals surface area contributed by atoms with Gasteiger partial charge >= 0.3 is 0 Å². The summed E-state index contributed by atoms with van der Waals surface area (Å²) in [4.78, 5) is 15.0. The lowest BCUT2D eigenvalue weighted by atomic mass is 9.92. The highest BCUT2D eigenvalue weighted by molar-refractivity contribution is 7.92. The van der Waals surface area contributed by atoms with E-state index in [0.29, 0.717) is 23.7 Å². The van der Waals surface area contributed by atoms with Crippen LogP contribution in [0.25, 0.3) is 0 Å². The van der Waals surface area contributed by atoms with Crippen molar-refractivity contribution >= 4 is 27.3 Å². The molecule has 1 aliphatic rings. The van der Waals surface area contributed by atoms with Crippen molar-refractivity contribution in [1.29, 1.82) is 0 Å². The van der Waals surface area contributed by atoms with Crippen LogP contribution >= 0.6 is 0 Å². The number of amides is 1. The zero-order chi connectivity index (χ0) is 21.4. The number of aryl methyl sites for hydroxylation is 1. The van der Waals surface area contributed by atoms with Crippen LogP contribution in [0.2, 0.25) is 0 Å². The van der Waals surface area contributed by atoms with Crippen LogP contribution in [0.15, 0.2) is 47.4 Å². The first-order valence-electron chi connectivity index (χ1n) is 9.68. The van der Waals surface area contributed by atoms with Crippen LogP contribution in [0.4, 0.5) is 11.4 Å². The maximum absolute atomic E-state index is 13.0. The Morgan fingerprint density at radius 1 is 1.17 bits per heavy atom. The molecule has 6 nitrogen and oxygen atoms in total. The largest absolute Gasteiger partial charge is 0.490 e. The standard InChI is InChI=1S/C22H28N2O4S/c1-15(2)13-24-19-10-9-17(12-20(19)28-14-22(4,5)21(24)25)23-29(26,27)18-8-6-7-16(3)11-18/h6-12,15,23H,13-14H2,1-5H3. The third kappa shape index (κ3) is 4.56. The van der Waals surface area contributed by atoms with E-state index in [0.717, 1.165) is 5.56 Å². The van der Waals surface area contributed by atoms with E-state index < -0.39 is 15.4 Å². The van der Waals surface area contributed by atoms with Gasteiger partial charge in [-0.15, -0.1) is 0 Å². The minimum atomic E-state index is -3.72. The van der Waals surface area contributed by atoms with Gasteiger partial charge in [0.25, 0.3) is 10.0 Å². The predicted octanol–water partition coefficient (Wildman–Crippen LogP) is 4.20. The topological polar surface area (TPSA) is 75.7 Å². The highest BCUT2D eigenvalue weighted by Crippen LogP contribution is 2.39. The zero-order valence-electron chi connectivity index (χ0n) is 17.5. The van der Waals surface area contributed by atoms with Gasteiger partial charge in [-0.25, -0.2) is 8.42 Å². The van der Waals surface area contributed by atoms with Crippen LogP contribution in [0, 0.1) is 18.3 Å². The molecule has 0 spiro atoms. The van der Waals surface area contributed by atoms with Crippen molar-refractivity contribution in [3.8, 4) is 5.75 Å². The van der Waals surface area contributed by atoms with Crippen molar-refractivity contribution in [1.82, 2.24) is 0 Å². The summed E-state index contributed by atoms with van der Waals surface area (Å²) in [6.45, 7) is 10.4. The van der Waals surface area contributed by atoms with Gasteiger partial charge in [0.1, 0.15) is 12.4 Å². The molecular formula is C22H28N2O4S. The number of hydrogen-bond acceptors (Lipinski definition) is 4. The third-order valence-corrected chi connectivity index (χ3v) is 6.14. The summed E-state index contributed by atoms with van der Waals surface area (Å²) < 4.78 is 34.0. The summed E-state index contributed by atoms with van der Waals surface area (Å²) in [6, 6.07) is 11.8. The van der Waals surface area contributed by atoms with Crippen molar-refractivity contribution in [3.63, 3.8) is 0 Å². The monoisotopic (exact) mass is 416 g/mol. The van der Waals surface area contributed by atoms with Crippen molar-refractivity contribution in [2.45, 2.75) is 39.5 Å². The summed E-state index contributed by atoms with van der Waals surface area (Å²) in [5.74, 6) is 0.771. The van der Waals surface area contributed by atoms with Gasteiger partial charge in [-0.1, -0.05) is 26.0 Å². The number of carbonyl (C=O) groups is 1. The molecule has 2 aromatic carbocycles. The molecule has 1 aliphatic heterocycles. The van der Waals surface area contributed by atoms with Gasteiger partial charge in [0.2, 0.25) is 5.91 Å². The Balaban J connectivity index is 1.96. The Morgan fingerprint density at radius 2 is 1.90 bits per heavy atom. The molecule has 0 fully saturated rings. The molecule has 3 rings (SSSR count). The zero-order valence-corrected chi connectivity index (χ0v) is 18.3. The van der Waals surface area contributed by atoms with Crippen molar-refractivity contribution in [3.05, 3.63) is 48.0 Å². The first-order valence-corrected chi connectivity index (χ1v) is 11.2. The van der Waals surface area contributed by atoms with Crippen molar-refractivity contribution < 1.29 is 17.9 Å². The minimum absolute atomic E-state index is 0.00181. The van der Waals surface area contributed by atoms with E-state index in [1.807, 2.05) is 26.8 Å². The van der Waals surface area contributed by atoms with Gasteiger partial charge in [0, 0.05) is 12.6 Å². The van der Waals surface area contributed by atoms with E-state index in [2.05, 4.69) is 18.6 Å². The van der Waals surface area contributed by atoms with Crippen LogP contribution in [0.3, 0.4) is 0 Å². The number of carbonyl (C=O) groups excluding carboxylic acids is 1. The molecule has 7 heteroatoms.